The molecule has 2 aromatic rings. The molecule has 0 bridgehead atoms. The van der Waals surface area contributed by atoms with Crippen LogP contribution in [0, 0.1) is 0 Å². The maximum absolute atomic E-state index is 13.0. The van der Waals surface area contributed by atoms with Crippen molar-refractivity contribution in [3.8, 4) is 0 Å². The van der Waals surface area contributed by atoms with Gasteiger partial charge in [-0.25, -0.2) is 13.8 Å². The fourth-order valence-corrected chi connectivity index (χ4v) is 4.11. The maximum atomic E-state index is 13.0. The standard InChI is InChI=1S/C22H27N3O3S/c1-4-6-10-18(3)23-24-22(26)19-13-15-20(16-14-19)25(17-5-2)29(27,28)21-11-8-7-9-12-21/h5,7-9,11-16H,2,4,6,10,17H2,1,3H3,(H,24,26)/b23-18-. The molecule has 0 spiro atoms. The number of carbonyl (C=O) groups is 1. The molecule has 0 aliphatic rings. The van der Waals surface area contributed by atoms with Crippen molar-refractivity contribution in [3.63, 3.8) is 0 Å². The Morgan fingerprint density at radius 3 is 2.38 bits per heavy atom. The van der Waals surface area contributed by atoms with Crippen LogP contribution < -0.4 is 9.73 Å². The van der Waals surface area contributed by atoms with E-state index in [9.17, 15) is 13.2 Å². The van der Waals surface area contributed by atoms with E-state index in [1.807, 2.05) is 6.92 Å². The van der Waals surface area contributed by atoms with Gasteiger partial charge in [0.1, 0.15) is 0 Å². The molecule has 0 saturated carbocycles. The van der Waals surface area contributed by atoms with E-state index in [0.717, 1.165) is 25.0 Å². The van der Waals surface area contributed by atoms with E-state index in [2.05, 4.69) is 24.0 Å². The normalized spacial score (nSPS) is 11.7. The predicted octanol–water partition coefficient (Wildman–Crippen LogP) is 4.36. The maximum Gasteiger partial charge on any atom is 0.271 e. The summed E-state index contributed by atoms with van der Waals surface area (Å²) < 4.78 is 27.2. The number of carbonyl (C=O) groups excluding carboxylic acids is 1. The minimum Gasteiger partial charge on any atom is -0.267 e. The zero-order chi connectivity index (χ0) is 21.3. The summed E-state index contributed by atoms with van der Waals surface area (Å²) in [6, 6.07) is 14.6. The number of unbranched alkanes of at least 4 members (excludes halogenated alkanes) is 1. The second-order valence-corrected chi connectivity index (χ2v) is 8.44. The van der Waals surface area contributed by atoms with Crippen molar-refractivity contribution in [2.24, 2.45) is 5.10 Å². The Balaban J connectivity index is 2.20. The Kier molecular flexibility index (Phi) is 8.15. The van der Waals surface area contributed by atoms with Crippen molar-refractivity contribution in [2.45, 2.75) is 38.0 Å². The Morgan fingerprint density at radius 2 is 1.79 bits per heavy atom. The van der Waals surface area contributed by atoms with Crippen molar-refractivity contribution in [2.75, 3.05) is 10.8 Å². The van der Waals surface area contributed by atoms with Crippen LogP contribution in [0.15, 0.2) is 77.2 Å². The summed E-state index contributed by atoms with van der Waals surface area (Å²) in [5.74, 6) is -0.339. The van der Waals surface area contributed by atoms with Crippen LogP contribution >= 0.6 is 0 Å². The molecule has 0 saturated heterocycles. The third-order valence-corrected chi connectivity index (χ3v) is 6.09. The number of amides is 1. The van der Waals surface area contributed by atoms with Crippen molar-refractivity contribution in [3.05, 3.63) is 72.8 Å². The number of hydrazone groups is 1. The molecule has 0 aromatic heterocycles. The van der Waals surface area contributed by atoms with E-state index in [0.29, 0.717) is 11.3 Å². The topological polar surface area (TPSA) is 78.8 Å². The van der Waals surface area contributed by atoms with Crippen molar-refractivity contribution in [1.29, 1.82) is 0 Å². The van der Waals surface area contributed by atoms with Gasteiger partial charge in [0.25, 0.3) is 15.9 Å². The van der Waals surface area contributed by atoms with E-state index in [1.54, 1.807) is 54.6 Å². The van der Waals surface area contributed by atoms with Gasteiger partial charge in [-0.1, -0.05) is 37.6 Å². The summed E-state index contributed by atoms with van der Waals surface area (Å²) in [4.78, 5) is 12.5. The molecule has 0 heterocycles. The lowest BCUT2D eigenvalue weighted by atomic mass is 10.2. The van der Waals surface area contributed by atoms with Crippen LogP contribution in [-0.4, -0.2) is 26.6 Å². The van der Waals surface area contributed by atoms with Gasteiger partial charge in [-0.2, -0.15) is 5.10 Å². The molecule has 0 fully saturated rings. The van der Waals surface area contributed by atoms with Gasteiger partial charge in [-0.15, -0.1) is 6.58 Å². The van der Waals surface area contributed by atoms with Crippen LogP contribution in [-0.2, 0) is 10.0 Å². The molecule has 2 rings (SSSR count). The first-order valence-corrected chi connectivity index (χ1v) is 11.0. The average molecular weight is 414 g/mol. The molecule has 0 aliphatic heterocycles. The molecule has 0 radical (unpaired) electrons. The lowest BCUT2D eigenvalue weighted by molar-refractivity contribution is 0.0954. The molecule has 154 valence electrons. The fourth-order valence-electron chi connectivity index (χ4n) is 2.66. The number of rotatable bonds is 10. The molecular weight excluding hydrogens is 386 g/mol. The molecule has 2 aromatic carbocycles. The highest BCUT2D eigenvalue weighted by atomic mass is 32.2. The summed E-state index contributed by atoms with van der Waals surface area (Å²) in [6.07, 6.45) is 4.45. The Morgan fingerprint density at radius 1 is 1.14 bits per heavy atom. The second-order valence-electron chi connectivity index (χ2n) is 6.58. The molecule has 6 nitrogen and oxygen atoms in total. The van der Waals surface area contributed by atoms with Gasteiger partial charge in [-0.05, 0) is 56.2 Å². The Bertz CT molecular complexity index is 953. The van der Waals surface area contributed by atoms with Crippen molar-refractivity contribution >= 4 is 27.3 Å². The number of sulfonamides is 1. The van der Waals surface area contributed by atoms with E-state index in [-0.39, 0.29) is 17.3 Å². The lowest BCUT2D eigenvalue weighted by Crippen LogP contribution is -2.31. The van der Waals surface area contributed by atoms with Gasteiger partial charge in [-0.3, -0.25) is 9.10 Å². The third-order valence-electron chi connectivity index (χ3n) is 4.28. The summed E-state index contributed by atoms with van der Waals surface area (Å²) in [5, 5.41) is 4.10. The molecule has 7 heteroatoms. The molecule has 0 aliphatic carbocycles. The van der Waals surface area contributed by atoms with E-state index in [1.165, 1.54) is 10.4 Å². The first-order valence-electron chi connectivity index (χ1n) is 9.52. The zero-order valence-corrected chi connectivity index (χ0v) is 17.7. The first-order chi connectivity index (χ1) is 13.9. The van der Waals surface area contributed by atoms with Crippen LogP contribution in [0.3, 0.4) is 0 Å². The SMILES string of the molecule is C=CCN(c1ccc(C(=O)N/N=C(/C)CCCC)cc1)S(=O)(=O)c1ccccc1. The molecule has 0 unspecified atom stereocenters. The number of benzene rings is 2. The van der Waals surface area contributed by atoms with Crippen molar-refractivity contribution < 1.29 is 13.2 Å². The second kappa shape index (κ2) is 10.6. The van der Waals surface area contributed by atoms with Crippen LogP contribution in [0.2, 0.25) is 0 Å². The Labute approximate surface area is 173 Å². The monoisotopic (exact) mass is 413 g/mol. The van der Waals surface area contributed by atoms with E-state index in [4.69, 9.17) is 0 Å². The van der Waals surface area contributed by atoms with E-state index >= 15 is 0 Å². The minimum absolute atomic E-state index is 0.115. The fraction of sp³-hybridized carbons (Fsp3) is 0.273. The van der Waals surface area contributed by atoms with E-state index < -0.39 is 10.0 Å². The van der Waals surface area contributed by atoms with Gasteiger partial charge in [0.15, 0.2) is 0 Å². The minimum atomic E-state index is -3.74. The Hall–Kier alpha value is -2.93. The molecule has 1 N–H and O–H groups in total. The van der Waals surface area contributed by atoms with Crippen molar-refractivity contribution in [1.82, 2.24) is 5.43 Å². The van der Waals surface area contributed by atoms with Gasteiger partial charge >= 0.3 is 0 Å². The highest BCUT2D eigenvalue weighted by molar-refractivity contribution is 7.92. The molecule has 29 heavy (non-hydrogen) atoms. The van der Waals surface area contributed by atoms with Gasteiger partial charge < -0.3 is 0 Å². The van der Waals surface area contributed by atoms with Crippen LogP contribution in [0.4, 0.5) is 5.69 Å². The first kappa shape index (κ1) is 22.4. The third kappa shape index (κ3) is 6.02. The number of hydrogen-bond acceptors (Lipinski definition) is 4. The summed E-state index contributed by atoms with van der Waals surface area (Å²) in [7, 11) is -3.74. The summed E-state index contributed by atoms with van der Waals surface area (Å²) in [6.45, 7) is 7.74. The number of nitrogens with zero attached hydrogens (tertiary/aromatic N) is 2. The highest BCUT2D eigenvalue weighted by Gasteiger charge is 2.23. The lowest BCUT2D eigenvalue weighted by Gasteiger charge is -2.23. The average Bonchev–Trinajstić information content (AvgIpc) is 2.75. The van der Waals surface area contributed by atoms with Gasteiger partial charge in [0, 0.05) is 11.3 Å². The quantitative estimate of drug-likeness (QED) is 0.357. The molecular formula is C22H27N3O3S. The van der Waals surface area contributed by atoms with Crippen LogP contribution in [0.25, 0.3) is 0 Å². The number of nitrogens with one attached hydrogen (secondary N) is 1. The molecule has 1 amide bonds. The number of hydrogen-bond donors (Lipinski definition) is 1. The van der Waals surface area contributed by atoms with Gasteiger partial charge in [0.05, 0.1) is 17.1 Å². The largest absolute Gasteiger partial charge is 0.271 e. The summed E-state index contributed by atoms with van der Waals surface area (Å²) >= 11 is 0. The molecule has 0 atom stereocenters. The zero-order valence-electron chi connectivity index (χ0n) is 16.8. The smallest absolute Gasteiger partial charge is 0.267 e. The van der Waals surface area contributed by atoms with Crippen LogP contribution in [0.5, 0.6) is 0 Å². The summed E-state index contributed by atoms with van der Waals surface area (Å²) in [5.41, 5.74) is 4.25. The van der Waals surface area contributed by atoms with Crippen LogP contribution in [0.1, 0.15) is 43.5 Å². The number of anilines is 1. The predicted molar refractivity (Wildman–Crippen MR) is 118 cm³/mol. The van der Waals surface area contributed by atoms with Gasteiger partial charge in [0.2, 0.25) is 0 Å². The highest BCUT2D eigenvalue weighted by Crippen LogP contribution is 2.24.